The van der Waals surface area contributed by atoms with E-state index in [9.17, 15) is 4.79 Å². The lowest BCUT2D eigenvalue weighted by Crippen LogP contribution is -2.40. The summed E-state index contributed by atoms with van der Waals surface area (Å²) in [6.07, 6.45) is 2.00. The lowest BCUT2D eigenvalue weighted by Gasteiger charge is -2.32. The first-order chi connectivity index (χ1) is 12.0. The molecule has 1 atom stereocenters. The smallest absolute Gasteiger partial charge is 0.228 e. The molecule has 3 rings (SSSR count). The number of anilines is 1. The molecule has 1 unspecified atom stereocenters. The summed E-state index contributed by atoms with van der Waals surface area (Å²) in [5.74, 6) is 0.171. The van der Waals surface area contributed by atoms with Crippen LogP contribution in [-0.4, -0.2) is 23.9 Å². The van der Waals surface area contributed by atoms with Gasteiger partial charge in [0.05, 0.1) is 5.92 Å². The van der Waals surface area contributed by atoms with Gasteiger partial charge in [-0.15, -0.1) is 0 Å². The van der Waals surface area contributed by atoms with Gasteiger partial charge >= 0.3 is 0 Å². The minimum Gasteiger partial charge on any atom is -0.326 e. The largest absolute Gasteiger partial charge is 0.326 e. The molecule has 3 nitrogen and oxygen atoms in total. The highest BCUT2D eigenvalue weighted by Crippen LogP contribution is 2.23. The third-order valence-electron chi connectivity index (χ3n) is 4.64. The fourth-order valence-corrected chi connectivity index (χ4v) is 4.04. The fourth-order valence-electron chi connectivity index (χ4n) is 3.26. The van der Waals surface area contributed by atoms with E-state index in [1.54, 1.807) is 0 Å². The predicted molar refractivity (Wildman–Crippen MR) is 112 cm³/mol. The Kier molecular flexibility index (Phi) is 6.36. The van der Waals surface area contributed by atoms with Crippen LogP contribution >= 0.6 is 34.2 Å². The molecule has 1 aliphatic rings. The zero-order valence-electron chi connectivity index (χ0n) is 14.3. The number of piperidine rings is 1. The number of amides is 1. The van der Waals surface area contributed by atoms with E-state index in [0.717, 1.165) is 48.7 Å². The molecule has 0 aliphatic carbocycles. The zero-order chi connectivity index (χ0) is 17.8. The van der Waals surface area contributed by atoms with Gasteiger partial charge in [0, 0.05) is 27.4 Å². The van der Waals surface area contributed by atoms with Crippen LogP contribution in [-0.2, 0) is 11.3 Å². The minimum atomic E-state index is 0.0414. The fraction of sp³-hybridized carbons (Fsp3) is 0.350. The van der Waals surface area contributed by atoms with Crippen LogP contribution in [0.25, 0.3) is 0 Å². The van der Waals surface area contributed by atoms with Gasteiger partial charge in [-0.1, -0.05) is 23.7 Å². The first kappa shape index (κ1) is 18.7. The van der Waals surface area contributed by atoms with E-state index in [-0.39, 0.29) is 11.8 Å². The second-order valence-electron chi connectivity index (χ2n) is 6.65. The standard InChI is InChI=1S/C20H22ClIN2O/c1-14-11-18(22)8-9-19(14)23-20(25)16-3-2-10-24(13-16)12-15-4-6-17(21)7-5-15/h4-9,11,16H,2-3,10,12-13H2,1H3,(H,23,25). The number of hydrogen-bond donors (Lipinski definition) is 1. The Morgan fingerprint density at radius 3 is 2.76 bits per heavy atom. The number of carbonyl (C=O) groups excluding carboxylic acids is 1. The summed E-state index contributed by atoms with van der Waals surface area (Å²) in [6, 6.07) is 14.1. The SMILES string of the molecule is Cc1cc(I)ccc1NC(=O)C1CCCN(Cc2ccc(Cl)cc2)C1. The van der Waals surface area contributed by atoms with E-state index in [1.807, 2.05) is 31.2 Å². The van der Waals surface area contributed by atoms with Gasteiger partial charge in [0.15, 0.2) is 0 Å². The van der Waals surface area contributed by atoms with Crippen LogP contribution in [0.15, 0.2) is 42.5 Å². The van der Waals surface area contributed by atoms with Crippen molar-refractivity contribution in [2.24, 2.45) is 5.92 Å². The van der Waals surface area contributed by atoms with Crippen molar-refractivity contribution in [3.05, 3.63) is 62.2 Å². The van der Waals surface area contributed by atoms with Crippen molar-refractivity contribution >= 4 is 45.8 Å². The van der Waals surface area contributed by atoms with E-state index in [1.165, 1.54) is 9.13 Å². The second kappa shape index (κ2) is 8.52. The van der Waals surface area contributed by atoms with Crippen LogP contribution in [0.3, 0.4) is 0 Å². The van der Waals surface area contributed by atoms with Gasteiger partial charge in [0.1, 0.15) is 0 Å². The number of likely N-dealkylation sites (tertiary alicyclic amines) is 1. The average Bonchev–Trinajstić information content (AvgIpc) is 2.60. The van der Waals surface area contributed by atoms with Crippen LogP contribution in [0.5, 0.6) is 0 Å². The quantitative estimate of drug-likeness (QED) is 0.633. The molecule has 5 heteroatoms. The molecule has 1 heterocycles. The number of benzene rings is 2. The van der Waals surface area contributed by atoms with Crippen LogP contribution in [0, 0.1) is 16.4 Å². The molecule has 1 aliphatic heterocycles. The van der Waals surface area contributed by atoms with E-state index in [2.05, 4.69) is 51.0 Å². The molecule has 0 bridgehead atoms. The Balaban J connectivity index is 1.60. The number of nitrogens with one attached hydrogen (secondary N) is 1. The molecule has 0 aromatic heterocycles. The van der Waals surface area contributed by atoms with Gasteiger partial charge in [0.25, 0.3) is 0 Å². The molecule has 1 saturated heterocycles. The summed E-state index contributed by atoms with van der Waals surface area (Å²) in [4.78, 5) is 15.0. The lowest BCUT2D eigenvalue weighted by molar-refractivity contribution is -0.121. The van der Waals surface area contributed by atoms with Gasteiger partial charge in [0.2, 0.25) is 5.91 Å². The first-order valence-corrected chi connectivity index (χ1v) is 10.0. The van der Waals surface area contributed by atoms with Gasteiger partial charge < -0.3 is 5.32 Å². The monoisotopic (exact) mass is 468 g/mol. The second-order valence-corrected chi connectivity index (χ2v) is 8.33. The van der Waals surface area contributed by atoms with Crippen LogP contribution in [0.4, 0.5) is 5.69 Å². The molecule has 0 saturated carbocycles. The van der Waals surface area contributed by atoms with Crippen molar-refractivity contribution in [3.8, 4) is 0 Å². The molecular formula is C20H22ClIN2O. The summed E-state index contributed by atoms with van der Waals surface area (Å²) in [7, 11) is 0. The summed E-state index contributed by atoms with van der Waals surface area (Å²) in [5, 5.41) is 3.87. The van der Waals surface area contributed by atoms with Crippen molar-refractivity contribution in [2.45, 2.75) is 26.3 Å². The number of aryl methyl sites for hydroxylation is 1. The van der Waals surface area contributed by atoms with Gasteiger partial charge in [-0.3, -0.25) is 9.69 Å². The Bertz CT molecular complexity index is 748. The molecular weight excluding hydrogens is 447 g/mol. The lowest BCUT2D eigenvalue weighted by atomic mass is 9.96. The van der Waals surface area contributed by atoms with Crippen molar-refractivity contribution < 1.29 is 4.79 Å². The summed E-state index contributed by atoms with van der Waals surface area (Å²) in [5.41, 5.74) is 3.26. The zero-order valence-corrected chi connectivity index (χ0v) is 17.2. The summed E-state index contributed by atoms with van der Waals surface area (Å²) in [6.45, 7) is 4.74. The van der Waals surface area contributed by atoms with E-state index in [4.69, 9.17) is 11.6 Å². The first-order valence-electron chi connectivity index (χ1n) is 8.55. The van der Waals surface area contributed by atoms with E-state index in [0.29, 0.717) is 0 Å². The molecule has 132 valence electrons. The number of carbonyl (C=O) groups is 1. The Morgan fingerprint density at radius 1 is 1.28 bits per heavy atom. The van der Waals surface area contributed by atoms with Crippen molar-refractivity contribution in [1.29, 1.82) is 0 Å². The minimum absolute atomic E-state index is 0.0414. The number of halogens is 2. The maximum Gasteiger partial charge on any atom is 0.228 e. The van der Waals surface area contributed by atoms with Gasteiger partial charge in [-0.05, 0) is 90.4 Å². The average molecular weight is 469 g/mol. The molecule has 0 spiro atoms. The van der Waals surface area contributed by atoms with Crippen LogP contribution in [0.1, 0.15) is 24.0 Å². The Hall–Kier alpha value is -1.11. The normalized spacial score (nSPS) is 18.1. The highest BCUT2D eigenvalue weighted by Gasteiger charge is 2.26. The Morgan fingerprint density at radius 2 is 2.04 bits per heavy atom. The van der Waals surface area contributed by atoms with E-state index < -0.39 is 0 Å². The molecule has 1 amide bonds. The molecule has 2 aromatic rings. The van der Waals surface area contributed by atoms with Crippen molar-refractivity contribution in [2.75, 3.05) is 18.4 Å². The van der Waals surface area contributed by atoms with Crippen molar-refractivity contribution in [3.63, 3.8) is 0 Å². The number of rotatable bonds is 4. The highest BCUT2D eigenvalue weighted by molar-refractivity contribution is 14.1. The molecule has 1 N–H and O–H groups in total. The van der Waals surface area contributed by atoms with Crippen molar-refractivity contribution in [1.82, 2.24) is 4.90 Å². The predicted octanol–water partition coefficient (Wildman–Crippen LogP) is 5.10. The Labute approximate surface area is 167 Å². The summed E-state index contributed by atoms with van der Waals surface area (Å²) < 4.78 is 1.18. The number of hydrogen-bond acceptors (Lipinski definition) is 2. The molecule has 2 aromatic carbocycles. The third-order valence-corrected chi connectivity index (χ3v) is 5.57. The highest BCUT2D eigenvalue weighted by atomic mass is 127. The summed E-state index contributed by atoms with van der Waals surface area (Å²) >= 11 is 8.24. The maximum atomic E-state index is 12.7. The van der Waals surface area contributed by atoms with Gasteiger partial charge in [-0.25, -0.2) is 0 Å². The van der Waals surface area contributed by atoms with Crippen LogP contribution in [0.2, 0.25) is 5.02 Å². The third kappa shape index (κ3) is 5.19. The molecule has 0 radical (unpaired) electrons. The molecule has 25 heavy (non-hydrogen) atoms. The van der Waals surface area contributed by atoms with E-state index >= 15 is 0 Å². The number of nitrogens with zero attached hydrogens (tertiary/aromatic N) is 1. The molecule has 1 fully saturated rings. The maximum absolute atomic E-state index is 12.7. The van der Waals surface area contributed by atoms with Gasteiger partial charge in [-0.2, -0.15) is 0 Å². The topological polar surface area (TPSA) is 32.3 Å². The van der Waals surface area contributed by atoms with Crippen LogP contribution < -0.4 is 5.32 Å².